The Balaban J connectivity index is 1.45. The first-order valence-corrected chi connectivity index (χ1v) is 13.6. The summed E-state index contributed by atoms with van der Waals surface area (Å²) in [6.45, 7) is 0.265. The van der Waals surface area contributed by atoms with Gasteiger partial charge in [0, 0.05) is 30.4 Å². The summed E-state index contributed by atoms with van der Waals surface area (Å²) in [6.07, 6.45) is -1.65. The van der Waals surface area contributed by atoms with Crippen LogP contribution in [0, 0.1) is 0 Å². The lowest BCUT2D eigenvalue weighted by atomic mass is 9.81. The number of halogens is 3. The zero-order chi connectivity index (χ0) is 30.1. The molecule has 0 unspecified atom stereocenters. The van der Waals surface area contributed by atoms with E-state index in [1.165, 1.54) is 17.7 Å². The minimum atomic E-state index is -4.81. The minimum Gasteiger partial charge on any atom is -0.481 e. The summed E-state index contributed by atoms with van der Waals surface area (Å²) >= 11 is 0. The van der Waals surface area contributed by atoms with Gasteiger partial charge in [-0.15, -0.1) is 13.2 Å². The van der Waals surface area contributed by atoms with Crippen LogP contribution in [-0.4, -0.2) is 46.9 Å². The number of nitrogens with zero attached hydrogens (tertiary/aromatic N) is 1. The Kier molecular flexibility index (Phi) is 10.1. The van der Waals surface area contributed by atoms with Crippen molar-refractivity contribution in [3.05, 3.63) is 95.6 Å². The van der Waals surface area contributed by atoms with Crippen molar-refractivity contribution in [1.29, 1.82) is 0 Å². The van der Waals surface area contributed by atoms with Crippen molar-refractivity contribution < 1.29 is 37.4 Å². The lowest BCUT2D eigenvalue weighted by molar-refractivity contribution is -0.274. The Morgan fingerprint density at radius 3 is 2.12 bits per heavy atom. The predicted octanol–water partition coefficient (Wildman–Crippen LogP) is 6.55. The quantitative estimate of drug-likeness (QED) is 0.251. The summed E-state index contributed by atoms with van der Waals surface area (Å²) in [5, 5.41) is 14.1. The molecule has 3 aromatic rings. The summed E-state index contributed by atoms with van der Waals surface area (Å²) in [7, 11) is 0. The molecule has 3 amide bonds. The number of hydrogen-bond donors (Lipinski definition) is 3. The van der Waals surface area contributed by atoms with E-state index >= 15 is 0 Å². The lowest BCUT2D eigenvalue weighted by Gasteiger charge is -2.37. The fraction of sp³-hybridized carbons (Fsp3) is 0.323. The number of carbonyl (C=O) groups excluding carboxylic acids is 2. The molecule has 0 saturated heterocycles. The highest BCUT2D eigenvalue weighted by atomic mass is 19.4. The molecule has 0 heterocycles. The number of urea groups is 1. The number of carboxylic acids is 1. The summed E-state index contributed by atoms with van der Waals surface area (Å²) in [4.78, 5) is 38.2. The molecule has 0 aliphatic heterocycles. The van der Waals surface area contributed by atoms with Crippen molar-refractivity contribution in [3.63, 3.8) is 0 Å². The molecule has 222 valence electrons. The maximum absolute atomic E-state index is 13.5. The fourth-order valence-electron chi connectivity index (χ4n) is 5.09. The number of ether oxygens (including phenoxy) is 1. The number of aliphatic carboxylic acids is 1. The highest BCUT2D eigenvalue weighted by Gasteiger charge is 2.32. The predicted molar refractivity (Wildman–Crippen MR) is 150 cm³/mol. The van der Waals surface area contributed by atoms with Gasteiger partial charge in [-0.25, -0.2) is 4.79 Å². The molecule has 0 spiro atoms. The second-order valence-electron chi connectivity index (χ2n) is 10.1. The highest BCUT2D eigenvalue weighted by Crippen LogP contribution is 2.35. The fourth-order valence-corrected chi connectivity index (χ4v) is 5.09. The van der Waals surface area contributed by atoms with E-state index in [-0.39, 0.29) is 31.3 Å². The maximum atomic E-state index is 13.5. The third-order valence-electron chi connectivity index (χ3n) is 7.20. The van der Waals surface area contributed by atoms with E-state index in [0.717, 1.165) is 43.4 Å². The summed E-state index contributed by atoms with van der Waals surface area (Å²) in [6, 6.07) is 21.5. The molecule has 11 heteroatoms. The van der Waals surface area contributed by atoms with Gasteiger partial charge in [0.1, 0.15) is 5.75 Å². The number of carbonyl (C=O) groups is 3. The van der Waals surface area contributed by atoms with Crippen LogP contribution in [0.5, 0.6) is 5.75 Å². The van der Waals surface area contributed by atoms with Gasteiger partial charge >= 0.3 is 18.4 Å². The van der Waals surface area contributed by atoms with E-state index in [0.29, 0.717) is 17.2 Å². The molecule has 0 bridgehead atoms. The monoisotopic (exact) mass is 583 g/mol. The van der Waals surface area contributed by atoms with Crippen molar-refractivity contribution in [1.82, 2.24) is 10.2 Å². The van der Waals surface area contributed by atoms with Gasteiger partial charge in [0.15, 0.2) is 0 Å². The van der Waals surface area contributed by atoms with Gasteiger partial charge in [0.2, 0.25) is 0 Å². The van der Waals surface area contributed by atoms with Crippen molar-refractivity contribution in [2.24, 2.45) is 0 Å². The van der Waals surface area contributed by atoms with Gasteiger partial charge < -0.3 is 25.4 Å². The average Bonchev–Trinajstić information content (AvgIpc) is 2.97. The Morgan fingerprint density at radius 2 is 1.52 bits per heavy atom. The molecular weight excluding hydrogens is 551 g/mol. The molecule has 4 rings (SSSR count). The Labute approximate surface area is 241 Å². The summed E-state index contributed by atoms with van der Waals surface area (Å²) in [5.74, 6) is -1.39. The van der Waals surface area contributed by atoms with E-state index in [1.54, 1.807) is 29.2 Å². The van der Waals surface area contributed by atoms with Crippen LogP contribution >= 0.6 is 0 Å². The first-order chi connectivity index (χ1) is 20.1. The first-order valence-electron chi connectivity index (χ1n) is 13.6. The van der Waals surface area contributed by atoms with E-state index in [4.69, 9.17) is 5.11 Å². The SMILES string of the molecule is O=C(O)CCNC(=O)c1ccc(CN(C(=O)Nc2ccc(OC(F)(F)F)cc2)[C@H]2CC[C@H](c3ccccc3)CC2)cc1. The number of alkyl halides is 3. The number of amides is 3. The Bertz CT molecular complexity index is 1340. The van der Waals surface area contributed by atoms with Gasteiger partial charge in [0.25, 0.3) is 5.91 Å². The zero-order valence-corrected chi connectivity index (χ0v) is 22.8. The Morgan fingerprint density at radius 1 is 0.881 bits per heavy atom. The third-order valence-corrected chi connectivity index (χ3v) is 7.20. The van der Waals surface area contributed by atoms with Crippen LogP contribution in [0.4, 0.5) is 23.7 Å². The van der Waals surface area contributed by atoms with Crippen molar-refractivity contribution in [3.8, 4) is 5.75 Å². The highest BCUT2D eigenvalue weighted by molar-refractivity contribution is 5.94. The van der Waals surface area contributed by atoms with Crippen LogP contribution in [0.2, 0.25) is 0 Å². The van der Waals surface area contributed by atoms with Gasteiger partial charge in [-0.1, -0.05) is 42.5 Å². The molecule has 42 heavy (non-hydrogen) atoms. The van der Waals surface area contributed by atoms with Gasteiger partial charge in [-0.3, -0.25) is 9.59 Å². The molecule has 8 nitrogen and oxygen atoms in total. The van der Waals surface area contributed by atoms with Crippen molar-refractivity contribution in [2.75, 3.05) is 11.9 Å². The zero-order valence-electron chi connectivity index (χ0n) is 22.8. The topological polar surface area (TPSA) is 108 Å². The second-order valence-corrected chi connectivity index (χ2v) is 10.1. The molecule has 3 aromatic carbocycles. The van der Waals surface area contributed by atoms with Crippen molar-refractivity contribution >= 4 is 23.6 Å². The molecule has 1 aliphatic rings. The number of anilines is 1. The van der Waals surface area contributed by atoms with E-state index in [2.05, 4.69) is 27.5 Å². The van der Waals surface area contributed by atoms with E-state index < -0.39 is 24.3 Å². The minimum absolute atomic E-state index is 0.0127. The molecule has 1 aliphatic carbocycles. The molecule has 0 aromatic heterocycles. The van der Waals surface area contributed by atoms with Gasteiger partial charge in [-0.2, -0.15) is 0 Å². The van der Waals surface area contributed by atoms with Crippen LogP contribution in [0.3, 0.4) is 0 Å². The number of hydrogen-bond acceptors (Lipinski definition) is 4. The Hall–Kier alpha value is -4.54. The standard InChI is InChI=1S/C31H32F3N3O5/c32-31(33,34)42-27-16-12-25(13-17-27)36-30(41)37(26-14-10-23(11-15-26)22-4-2-1-3-5-22)20-21-6-8-24(9-7-21)29(40)35-19-18-28(38)39/h1-9,12-13,16-17,23,26H,10-11,14-15,18-20H2,(H,35,40)(H,36,41)(H,38,39)/t23-,26-. The van der Waals surface area contributed by atoms with E-state index in [1.807, 2.05) is 18.2 Å². The second kappa shape index (κ2) is 13.9. The number of carboxylic acid groups (broad SMARTS) is 1. The summed E-state index contributed by atoms with van der Waals surface area (Å²) < 4.78 is 41.5. The molecule has 3 N–H and O–H groups in total. The van der Waals surface area contributed by atoms with Crippen molar-refractivity contribution in [2.45, 2.75) is 57.0 Å². The van der Waals surface area contributed by atoms with E-state index in [9.17, 15) is 27.6 Å². The lowest BCUT2D eigenvalue weighted by Crippen LogP contribution is -2.44. The third kappa shape index (κ3) is 8.98. The first kappa shape index (κ1) is 30.4. The molecule has 1 saturated carbocycles. The number of nitrogens with one attached hydrogen (secondary N) is 2. The van der Waals surface area contributed by atoms with Crippen LogP contribution in [0.1, 0.15) is 59.5 Å². The average molecular weight is 584 g/mol. The molecule has 1 fully saturated rings. The number of rotatable bonds is 10. The van der Waals surface area contributed by atoms with Crippen LogP contribution in [-0.2, 0) is 11.3 Å². The molecule has 0 atom stereocenters. The maximum Gasteiger partial charge on any atom is 0.573 e. The van der Waals surface area contributed by atoms with Crippen LogP contribution in [0.25, 0.3) is 0 Å². The summed E-state index contributed by atoms with van der Waals surface area (Å²) in [5.41, 5.74) is 2.74. The van der Waals surface area contributed by atoms with Gasteiger partial charge in [-0.05, 0) is 79.1 Å². The largest absolute Gasteiger partial charge is 0.573 e. The smallest absolute Gasteiger partial charge is 0.481 e. The molecular formula is C31H32F3N3O5. The molecule has 0 radical (unpaired) electrons. The van der Waals surface area contributed by atoms with Crippen LogP contribution < -0.4 is 15.4 Å². The van der Waals surface area contributed by atoms with Gasteiger partial charge in [0.05, 0.1) is 6.42 Å². The normalized spacial score (nSPS) is 16.7. The van der Waals surface area contributed by atoms with Crippen LogP contribution in [0.15, 0.2) is 78.9 Å². The number of benzene rings is 3.